The van der Waals surface area contributed by atoms with Crippen LogP contribution in [0.15, 0.2) is 18.2 Å². The van der Waals surface area contributed by atoms with Gasteiger partial charge in [-0.3, -0.25) is 24.6 Å². The lowest BCUT2D eigenvalue weighted by molar-refractivity contribution is -0.136. The maximum atomic E-state index is 13.6. The number of fused-ring (bicyclic) bond motifs is 1. The van der Waals surface area contributed by atoms with Gasteiger partial charge in [0.25, 0.3) is 5.91 Å². The van der Waals surface area contributed by atoms with E-state index in [-0.39, 0.29) is 37.2 Å². The fourth-order valence-corrected chi connectivity index (χ4v) is 7.08. The first-order valence-corrected chi connectivity index (χ1v) is 13.8. The molecule has 37 heavy (non-hydrogen) atoms. The van der Waals surface area contributed by atoms with Crippen LogP contribution < -0.4 is 10.1 Å². The molecule has 1 N–H and O–H groups in total. The van der Waals surface area contributed by atoms with Crippen molar-refractivity contribution in [1.29, 1.82) is 0 Å². The molecule has 3 heterocycles. The number of nitrogens with one attached hydrogen (secondary N) is 1. The van der Waals surface area contributed by atoms with Crippen molar-refractivity contribution < 1.29 is 27.9 Å². The van der Waals surface area contributed by atoms with E-state index in [1.807, 2.05) is 12.1 Å². The van der Waals surface area contributed by atoms with Crippen LogP contribution in [0.5, 0.6) is 5.75 Å². The van der Waals surface area contributed by atoms with Crippen LogP contribution in [0.25, 0.3) is 0 Å². The summed E-state index contributed by atoms with van der Waals surface area (Å²) < 4.78 is 33.6. The van der Waals surface area contributed by atoms with Crippen molar-refractivity contribution in [3.8, 4) is 5.75 Å². The SMILES string of the molecule is O=C1CCC(N2Cc3cc(O[C@@H]4CCCC[C@H]4N4CC(C5CCC(F)(F)CC5)C4)ccc3C2=O)C(=O)N1. The Morgan fingerprint density at radius 2 is 1.70 bits per heavy atom. The van der Waals surface area contributed by atoms with Gasteiger partial charge in [0.2, 0.25) is 17.7 Å². The Morgan fingerprint density at radius 3 is 2.46 bits per heavy atom. The van der Waals surface area contributed by atoms with E-state index in [2.05, 4.69) is 10.2 Å². The van der Waals surface area contributed by atoms with Crippen LogP contribution in [0.1, 0.15) is 80.1 Å². The zero-order valence-electron chi connectivity index (χ0n) is 21.1. The van der Waals surface area contributed by atoms with Crippen molar-refractivity contribution in [3.63, 3.8) is 0 Å². The molecular formula is C28H35F2N3O4. The van der Waals surface area contributed by atoms with Crippen LogP contribution in [0.4, 0.5) is 8.78 Å². The lowest BCUT2D eigenvalue weighted by Gasteiger charge is -2.51. The van der Waals surface area contributed by atoms with Crippen LogP contribution in [0.2, 0.25) is 0 Å². The molecule has 6 rings (SSSR count). The average molecular weight is 516 g/mol. The number of piperidine rings is 1. The normalized spacial score (nSPS) is 31.1. The Hall–Kier alpha value is -2.55. The van der Waals surface area contributed by atoms with Crippen LogP contribution in [0.3, 0.4) is 0 Å². The van der Waals surface area contributed by atoms with Crippen molar-refractivity contribution in [2.75, 3.05) is 13.1 Å². The number of rotatable bonds is 5. The van der Waals surface area contributed by atoms with Gasteiger partial charge in [-0.1, -0.05) is 6.42 Å². The van der Waals surface area contributed by atoms with Crippen molar-refractivity contribution in [1.82, 2.24) is 15.1 Å². The number of amides is 3. The van der Waals surface area contributed by atoms with Crippen LogP contribution in [-0.4, -0.2) is 64.7 Å². The smallest absolute Gasteiger partial charge is 0.255 e. The molecule has 0 radical (unpaired) electrons. The van der Waals surface area contributed by atoms with E-state index in [1.54, 1.807) is 11.0 Å². The summed E-state index contributed by atoms with van der Waals surface area (Å²) in [5.74, 6) is -1.69. The molecule has 7 nitrogen and oxygen atoms in total. The minimum Gasteiger partial charge on any atom is -0.489 e. The fraction of sp³-hybridized carbons (Fsp3) is 0.679. The highest BCUT2D eigenvalue weighted by molar-refractivity contribution is 6.05. The Kier molecular flexibility index (Phi) is 6.45. The molecule has 5 aliphatic rings. The molecule has 1 unspecified atom stereocenters. The number of benzene rings is 1. The van der Waals surface area contributed by atoms with Gasteiger partial charge in [0.05, 0.1) is 0 Å². The molecule has 2 saturated carbocycles. The Balaban J connectivity index is 1.08. The van der Waals surface area contributed by atoms with Gasteiger partial charge in [-0.15, -0.1) is 0 Å². The number of carbonyl (C=O) groups is 3. The quantitative estimate of drug-likeness (QED) is 0.602. The molecule has 1 aromatic rings. The Bertz CT molecular complexity index is 1080. The van der Waals surface area contributed by atoms with Crippen molar-refractivity contribution >= 4 is 17.7 Å². The number of hydrogen-bond donors (Lipinski definition) is 1. The second kappa shape index (κ2) is 9.64. The van der Waals surface area contributed by atoms with E-state index < -0.39 is 17.9 Å². The summed E-state index contributed by atoms with van der Waals surface area (Å²) in [6.45, 7) is 2.28. The third-order valence-corrected chi connectivity index (χ3v) is 9.29. The zero-order valence-corrected chi connectivity index (χ0v) is 21.1. The lowest BCUT2D eigenvalue weighted by Crippen LogP contribution is -2.59. The van der Waals surface area contributed by atoms with Gasteiger partial charge < -0.3 is 9.64 Å². The topological polar surface area (TPSA) is 79.0 Å². The highest BCUT2D eigenvalue weighted by Crippen LogP contribution is 2.43. The first kappa shape index (κ1) is 24.8. The standard InChI is InChI=1S/C28H35F2N3O4/c29-28(30)11-9-17(10-12-28)19-14-32(15-19)22-3-1-2-4-24(22)37-20-5-6-21-18(13-20)16-33(27(21)36)23-7-8-25(34)31-26(23)35/h5-6,13,17,19,22-24H,1-4,7-12,14-16H2,(H,31,34,35)/t22-,23?,24-/m1/s1. The van der Waals surface area contributed by atoms with E-state index in [0.29, 0.717) is 49.2 Å². The van der Waals surface area contributed by atoms with Gasteiger partial charge in [0, 0.05) is 50.5 Å². The summed E-state index contributed by atoms with van der Waals surface area (Å²) in [4.78, 5) is 40.8. The number of nitrogens with zero attached hydrogens (tertiary/aromatic N) is 2. The molecule has 4 fully saturated rings. The summed E-state index contributed by atoms with van der Waals surface area (Å²) in [6, 6.07) is 5.25. The molecule has 3 aliphatic heterocycles. The number of carbonyl (C=O) groups excluding carboxylic acids is 3. The first-order chi connectivity index (χ1) is 17.8. The Morgan fingerprint density at radius 1 is 0.946 bits per heavy atom. The summed E-state index contributed by atoms with van der Waals surface area (Å²) >= 11 is 0. The highest BCUT2D eigenvalue weighted by Gasteiger charge is 2.45. The number of alkyl halides is 2. The van der Waals surface area contributed by atoms with E-state index in [9.17, 15) is 23.2 Å². The summed E-state index contributed by atoms with van der Waals surface area (Å²) in [6.07, 6.45) is 6.31. The maximum Gasteiger partial charge on any atom is 0.255 e. The van der Waals surface area contributed by atoms with Crippen molar-refractivity contribution in [3.05, 3.63) is 29.3 Å². The molecule has 9 heteroatoms. The number of likely N-dealkylation sites (tertiary alicyclic amines) is 1. The van der Waals surface area contributed by atoms with Crippen molar-refractivity contribution in [2.45, 2.75) is 94.9 Å². The zero-order chi connectivity index (χ0) is 25.7. The number of hydrogen-bond acceptors (Lipinski definition) is 5. The van der Waals surface area contributed by atoms with Gasteiger partial charge in [0.15, 0.2) is 0 Å². The molecule has 3 amide bonds. The van der Waals surface area contributed by atoms with Gasteiger partial charge in [-0.25, -0.2) is 8.78 Å². The predicted octanol–water partition coefficient (Wildman–Crippen LogP) is 3.89. The fourth-order valence-electron chi connectivity index (χ4n) is 7.08. The first-order valence-electron chi connectivity index (χ1n) is 13.8. The molecular weight excluding hydrogens is 480 g/mol. The number of ether oxygens (including phenoxy) is 1. The van der Waals surface area contributed by atoms with Gasteiger partial charge in [-0.2, -0.15) is 0 Å². The van der Waals surface area contributed by atoms with E-state index in [1.165, 1.54) is 6.42 Å². The molecule has 0 bridgehead atoms. The molecule has 2 aliphatic carbocycles. The molecule has 0 spiro atoms. The van der Waals surface area contributed by atoms with Gasteiger partial charge in [-0.05, 0) is 74.1 Å². The maximum absolute atomic E-state index is 13.6. The van der Waals surface area contributed by atoms with E-state index in [0.717, 1.165) is 43.7 Å². The second-order valence-corrected chi connectivity index (χ2v) is 11.6. The largest absolute Gasteiger partial charge is 0.489 e. The number of imide groups is 1. The predicted molar refractivity (Wildman–Crippen MR) is 131 cm³/mol. The third-order valence-electron chi connectivity index (χ3n) is 9.29. The highest BCUT2D eigenvalue weighted by atomic mass is 19.3. The summed E-state index contributed by atoms with van der Waals surface area (Å²) in [5.41, 5.74) is 1.43. The molecule has 1 aromatic carbocycles. The van der Waals surface area contributed by atoms with E-state index >= 15 is 0 Å². The van der Waals surface area contributed by atoms with Crippen LogP contribution >= 0.6 is 0 Å². The molecule has 2 saturated heterocycles. The minimum atomic E-state index is -2.47. The average Bonchev–Trinajstić information content (AvgIpc) is 3.15. The van der Waals surface area contributed by atoms with Crippen LogP contribution in [-0.2, 0) is 16.1 Å². The summed E-state index contributed by atoms with van der Waals surface area (Å²) in [7, 11) is 0. The van der Waals surface area contributed by atoms with Gasteiger partial charge >= 0.3 is 0 Å². The van der Waals surface area contributed by atoms with Crippen molar-refractivity contribution in [2.24, 2.45) is 11.8 Å². The number of halogens is 2. The second-order valence-electron chi connectivity index (χ2n) is 11.6. The minimum absolute atomic E-state index is 0.0329. The lowest BCUT2D eigenvalue weighted by atomic mass is 9.74. The molecule has 0 aromatic heterocycles. The molecule has 3 atom stereocenters. The monoisotopic (exact) mass is 515 g/mol. The molecule has 200 valence electrons. The summed E-state index contributed by atoms with van der Waals surface area (Å²) in [5, 5.41) is 2.34. The Labute approximate surface area is 215 Å². The van der Waals surface area contributed by atoms with Gasteiger partial charge in [0.1, 0.15) is 17.9 Å². The van der Waals surface area contributed by atoms with Crippen LogP contribution in [0, 0.1) is 11.8 Å². The van der Waals surface area contributed by atoms with E-state index in [4.69, 9.17) is 4.74 Å². The third kappa shape index (κ3) is 4.87.